The predicted molar refractivity (Wildman–Crippen MR) is 85.3 cm³/mol. The standard InChI is InChI=1S/C15H14ClFN6O/c1-7-14-18-8(2)21-23(14)6-5-22(7)15(24)13-19-11-9(16)3-4-10(17)12(11)20-13/h3-4,7H,5-6H2,1-2H3,(H,19,20)/t7-/m1/s1. The van der Waals surface area contributed by atoms with E-state index in [1.54, 1.807) is 9.58 Å². The van der Waals surface area contributed by atoms with Crippen molar-refractivity contribution in [1.82, 2.24) is 29.6 Å². The summed E-state index contributed by atoms with van der Waals surface area (Å²) < 4.78 is 15.7. The van der Waals surface area contributed by atoms with Gasteiger partial charge in [0, 0.05) is 6.54 Å². The number of hydrogen-bond donors (Lipinski definition) is 1. The summed E-state index contributed by atoms with van der Waals surface area (Å²) in [7, 11) is 0. The van der Waals surface area contributed by atoms with Crippen LogP contribution < -0.4 is 0 Å². The minimum absolute atomic E-state index is 0.0635. The molecule has 7 nitrogen and oxygen atoms in total. The Bertz CT molecular complexity index is 925. The van der Waals surface area contributed by atoms with Gasteiger partial charge in [-0.25, -0.2) is 19.0 Å². The summed E-state index contributed by atoms with van der Waals surface area (Å²) >= 11 is 6.05. The van der Waals surface area contributed by atoms with Crippen LogP contribution in [0.15, 0.2) is 12.1 Å². The minimum Gasteiger partial charge on any atom is -0.333 e. The van der Waals surface area contributed by atoms with Gasteiger partial charge in [0.05, 0.1) is 23.1 Å². The summed E-state index contributed by atoms with van der Waals surface area (Å²) in [6.07, 6.45) is 0. The van der Waals surface area contributed by atoms with Gasteiger partial charge >= 0.3 is 0 Å². The zero-order valence-corrected chi connectivity index (χ0v) is 13.8. The van der Waals surface area contributed by atoms with Gasteiger partial charge < -0.3 is 9.88 Å². The van der Waals surface area contributed by atoms with Crippen LogP contribution in [-0.2, 0) is 6.54 Å². The van der Waals surface area contributed by atoms with Crippen molar-refractivity contribution in [3.05, 3.63) is 40.4 Å². The molecule has 3 heterocycles. The van der Waals surface area contributed by atoms with Crippen LogP contribution in [0.2, 0.25) is 5.02 Å². The van der Waals surface area contributed by atoms with Crippen molar-refractivity contribution in [3.8, 4) is 0 Å². The first-order valence-corrected chi connectivity index (χ1v) is 7.89. The van der Waals surface area contributed by atoms with Gasteiger partial charge in [0.2, 0.25) is 0 Å². The van der Waals surface area contributed by atoms with Crippen LogP contribution in [0.5, 0.6) is 0 Å². The van der Waals surface area contributed by atoms with E-state index in [0.717, 1.165) is 5.82 Å². The lowest BCUT2D eigenvalue weighted by molar-refractivity contribution is 0.0619. The number of carbonyl (C=O) groups excluding carboxylic acids is 1. The summed E-state index contributed by atoms with van der Waals surface area (Å²) in [6.45, 7) is 4.73. The Morgan fingerprint density at radius 3 is 2.92 bits per heavy atom. The molecule has 124 valence electrons. The Hall–Kier alpha value is -2.48. The number of hydrogen-bond acceptors (Lipinski definition) is 4. The Kier molecular flexibility index (Phi) is 3.31. The second-order valence-electron chi connectivity index (χ2n) is 5.75. The van der Waals surface area contributed by atoms with E-state index in [9.17, 15) is 9.18 Å². The molecule has 2 aromatic heterocycles. The molecule has 0 fully saturated rings. The van der Waals surface area contributed by atoms with E-state index in [4.69, 9.17) is 11.6 Å². The highest BCUT2D eigenvalue weighted by molar-refractivity contribution is 6.35. The van der Waals surface area contributed by atoms with Gasteiger partial charge in [-0.05, 0) is 26.0 Å². The normalized spacial score (nSPS) is 17.3. The lowest BCUT2D eigenvalue weighted by atomic mass is 10.2. The number of rotatable bonds is 1. The maximum absolute atomic E-state index is 13.9. The second kappa shape index (κ2) is 5.27. The molecular weight excluding hydrogens is 335 g/mol. The molecule has 0 spiro atoms. The summed E-state index contributed by atoms with van der Waals surface area (Å²) in [5.41, 5.74) is 0.387. The van der Waals surface area contributed by atoms with Crippen molar-refractivity contribution in [1.29, 1.82) is 0 Å². The maximum Gasteiger partial charge on any atom is 0.290 e. The van der Waals surface area contributed by atoms with Crippen LogP contribution >= 0.6 is 11.6 Å². The van der Waals surface area contributed by atoms with E-state index >= 15 is 0 Å². The Morgan fingerprint density at radius 1 is 1.38 bits per heavy atom. The highest BCUT2D eigenvalue weighted by atomic mass is 35.5. The fourth-order valence-electron chi connectivity index (χ4n) is 3.02. The van der Waals surface area contributed by atoms with Crippen LogP contribution in [-0.4, -0.2) is 42.1 Å². The molecule has 0 radical (unpaired) electrons. The number of carbonyl (C=O) groups is 1. The van der Waals surface area contributed by atoms with Crippen LogP contribution in [0, 0.1) is 12.7 Å². The molecule has 1 aliphatic rings. The van der Waals surface area contributed by atoms with Gasteiger partial charge in [0.1, 0.15) is 17.2 Å². The number of amides is 1. The molecule has 1 N–H and O–H groups in total. The smallest absolute Gasteiger partial charge is 0.290 e. The number of imidazole rings is 1. The zero-order chi connectivity index (χ0) is 17.0. The molecule has 9 heteroatoms. The molecule has 0 aliphatic carbocycles. The van der Waals surface area contributed by atoms with Gasteiger partial charge in [0.25, 0.3) is 5.91 Å². The summed E-state index contributed by atoms with van der Waals surface area (Å²) in [5, 5.41) is 4.62. The molecule has 0 saturated heterocycles. The molecule has 0 bridgehead atoms. The van der Waals surface area contributed by atoms with Crippen LogP contribution in [0.4, 0.5) is 4.39 Å². The van der Waals surface area contributed by atoms with Gasteiger partial charge in [0.15, 0.2) is 11.6 Å². The van der Waals surface area contributed by atoms with Gasteiger partial charge in [-0.3, -0.25) is 4.79 Å². The third kappa shape index (κ3) is 2.17. The average Bonchev–Trinajstić information content (AvgIpc) is 3.15. The SMILES string of the molecule is Cc1nc2n(n1)CCN(C(=O)c1nc3c(F)ccc(Cl)c3[nH]1)[C@@H]2C. The highest BCUT2D eigenvalue weighted by Gasteiger charge is 2.32. The number of aromatic amines is 1. The van der Waals surface area contributed by atoms with Crippen LogP contribution in [0.3, 0.4) is 0 Å². The first kappa shape index (κ1) is 15.1. The Morgan fingerprint density at radius 2 is 2.17 bits per heavy atom. The quantitative estimate of drug-likeness (QED) is 0.732. The molecule has 0 unspecified atom stereocenters. The highest BCUT2D eigenvalue weighted by Crippen LogP contribution is 2.27. The molecule has 0 saturated carbocycles. The van der Waals surface area contributed by atoms with E-state index in [1.165, 1.54) is 12.1 Å². The van der Waals surface area contributed by atoms with E-state index in [2.05, 4.69) is 20.1 Å². The third-order valence-corrected chi connectivity index (χ3v) is 4.52. The Balaban J connectivity index is 1.72. The molecule has 1 aliphatic heterocycles. The van der Waals surface area contributed by atoms with E-state index in [0.29, 0.717) is 29.5 Å². The van der Waals surface area contributed by atoms with Gasteiger partial charge in [-0.15, -0.1) is 0 Å². The number of aromatic nitrogens is 5. The van der Waals surface area contributed by atoms with Crippen molar-refractivity contribution in [3.63, 3.8) is 0 Å². The van der Waals surface area contributed by atoms with E-state index in [1.807, 2.05) is 13.8 Å². The number of nitrogens with one attached hydrogen (secondary N) is 1. The third-order valence-electron chi connectivity index (χ3n) is 4.21. The number of nitrogens with zero attached hydrogens (tertiary/aromatic N) is 5. The van der Waals surface area contributed by atoms with Crippen molar-refractivity contribution in [2.75, 3.05) is 6.54 Å². The molecule has 3 aromatic rings. The molecule has 24 heavy (non-hydrogen) atoms. The first-order valence-electron chi connectivity index (χ1n) is 7.51. The summed E-state index contributed by atoms with van der Waals surface area (Å²) in [6, 6.07) is 2.41. The Labute approximate surface area is 141 Å². The average molecular weight is 349 g/mol. The second-order valence-corrected chi connectivity index (χ2v) is 6.16. The van der Waals surface area contributed by atoms with E-state index in [-0.39, 0.29) is 23.3 Å². The topological polar surface area (TPSA) is 79.7 Å². The van der Waals surface area contributed by atoms with Gasteiger partial charge in [-0.2, -0.15) is 5.10 Å². The summed E-state index contributed by atoms with van der Waals surface area (Å²) in [4.78, 5) is 25.8. The molecule has 4 rings (SSSR count). The number of aryl methyl sites for hydroxylation is 1. The first-order chi connectivity index (χ1) is 11.5. The van der Waals surface area contributed by atoms with Gasteiger partial charge in [-0.1, -0.05) is 11.6 Å². The molecule has 1 atom stereocenters. The fraction of sp³-hybridized carbons (Fsp3) is 0.333. The largest absolute Gasteiger partial charge is 0.333 e. The summed E-state index contributed by atoms with van der Waals surface area (Å²) in [5.74, 6) is 0.623. The van der Waals surface area contributed by atoms with Crippen molar-refractivity contribution < 1.29 is 9.18 Å². The maximum atomic E-state index is 13.9. The van der Waals surface area contributed by atoms with Crippen molar-refractivity contribution in [2.45, 2.75) is 26.4 Å². The number of fused-ring (bicyclic) bond motifs is 2. The monoisotopic (exact) mass is 348 g/mol. The number of halogens is 2. The van der Waals surface area contributed by atoms with Crippen molar-refractivity contribution in [2.24, 2.45) is 0 Å². The molecular formula is C15H14ClFN6O. The fourth-order valence-corrected chi connectivity index (χ4v) is 3.22. The lowest BCUT2D eigenvalue weighted by Crippen LogP contribution is -2.41. The lowest BCUT2D eigenvalue weighted by Gasteiger charge is -2.32. The van der Waals surface area contributed by atoms with E-state index < -0.39 is 5.82 Å². The van der Waals surface area contributed by atoms with Crippen LogP contribution in [0.25, 0.3) is 11.0 Å². The van der Waals surface area contributed by atoms with Crippen LogP contribution in [0.1, 0.15) is 35.2 Å². The predicted octanol–water partition coefficient (Wildman–Crippen LogP) is 2.47. The number of benzene rings is 1. The molecule has 1 aromatic carbocycles. The van der Waals surface area contributed by atoms with Crippen molar-refractivity contribution >= 4 is 28.5 Å². The minimum atomic E-state index is -0.522. The zero-order valence-electron chi connectivity index (χ0n) is 13.0. The number of H-pyrrole nitrogens is 1. The molecule has 1 amide bonds.